The van der Waals surface area contributed by atoms with Crippen LogP contribution in [0.3, 0.4) is 0 Å². The second-order valence-corrected chi connectivity index (χ2v) is 5.84. The van der Waals surface area contributed by atoms with Crippen LogP contribution in [0.1, 0.15) is 45.4 Å². The van der Waals surface area contributed by atoms with Crippen molar-refractivity contribution >= 4 is 11.8 Å². The van der Waals surface area contributed by atoms with Crippen LogP contribution < -0.4 is 0 Å². The molecule has 0 radical (unpaired) electrons. The summed E-state index contributed by atoms with van der Waals surface area (Å²) in [6.07, 6.45) is 9.07. The van der Waals surface area contributed by atoms with Crippen molar-refractivity contribution in [3.8, 4) is 0 Å². The molecule has 0 amide bonds. The summed E-state index contributed by atoms with van der Waals surface area (Å²) in [7, 11) is 0. The highest BCUT2D eigenvalue weighted by molar-refractivity contribution is 8.00. The van der Waals surface area contributed by atoms with E-state index in [1.54, 1.807) is 0 Å². The molecule has 0 bridgehead atoms. The maximum Gasteiger partial charge on any atom is 0.0666 e. The molecule has 2 unspecified atom stereocenters. The number of thioether (sulfide) groups is 1. The first-order valence-corrected chi connectivity index (χ1v) is 6.57. The van der Waals surface area contributed by atoms with Gasteiger partial charge in [-0.25, -0.2) is 0 Å². The molecule has 1 nitrogen and oxygen atoms in total. The standard InChI is InChI=1S/C11H20OS/c1-9-11(7-8-12-9)13-10-5-3-2-4-6-10/h9-11H,2-8H2,1H3. The molecule has 1 aliphatic heterocycles. The molecular formula is C11H20OS. The molecule has 1 aliphatic carbocycles. The summed E-state index contributed by atoms with van der Waals surface area (Å²) >= 11 is 2.21. The van der Waals surface area contributed by atoms with Crippen molar-refractivity contribution in [2.45, 2.75) is 62.1 Å². The van der Waals surface area contributed by atoms with Gasteiger partial charge in [0.15, 0.2) is 0 Å². The molecule has 13 heavy (non-hydrogen) atoms. The van der Waals surface area contributed by atoms with Gasteiger partial charge < -0.3 is 4.74 Å². The van der Waals surface area contributed by atoms with E-state index in [1.807, 2.05) is 0 Å². The summed E-state index contributed by atoms with van der Waals surface area (Å²) in [5.74, 6) is 0. The first-order chi connectivity index (χ1) is 6.36. The van der Waals surface area contributed by atoms with Crippen LogP contribution in [0.15, 0.2) is 0 Å². The van der Waals surface area contributed by atoms with Crippen LogP contribution in [-0.4, -0.2) is 23.2 Å². The van der Waals surface area contributed by atoms with E-state index in [0.29, 0.717) is 6.10 Å². The van der Waals surface area contributed by atoms with Gasteiger partial charge in [-0.3, -0.25) is 0 Å². The lowest BCUT2D eigenvalue weighted by Gasteiger charge is -2.25. The normalized spacial score (nSPS) is 36.7. The lowest BCUT2D eigenvalue weighted by molar-refractivity contribution is 0.127. The maximum absolute atomic E-state index is 5.59. The van der Waals surface area contributed by atoms with Crippen LogP contribution in [-0.2, 0) is 4.74 Å². The van der Waals surface area contributed by atoms with Gasteiger partial charge in [0.2, 0.25) is 0 Å². The highest BCUT2D eigenvalue weighted by Gasteiger charge is 2.28. The summed E-state index contributed by atoms with van der Waals surface area (Å²) < 4.78 is 5.59. The van der Waals surface area contributed by atoms with Gasteiger partial charge in [-0.2, -0.15) is 11.8 Å². The molecule has 0 spiro atoms. The van der Waals surface area contributed by atoms with Gasteiger partial charge in [0.1, 0.15) is 0 Å². The van der Waals surface area contributed by atoms with Crippen LogP contribution in [0.2, 0.25) is 0 Å². The second-order valence-electron chi connectivity index (χ2n) is 4.30. The fourth-order valence-electron chi connectivity index (χ4n) is 2.34. The molecule has 2 aliphatic rings. The quantitative estimate of drug-likeness (QED) is 0.677. The van der Waals surface area contributed by atoms with Gasteiger partial charge in [0.05, 0.1) is 6.10 Å². The Morgan fingerprint density at radius 1 is 1.08 bits per heavy atom. The summed E-state index contributed by atoms with van der Waals surface area (Å²) in [5, 5.41) is 1.74. The number of ether oxygens (including phenoxy) is 1. The number of hydrogen-bond donors (Lipinski definition) is 0. The van der Waals surface area contributed by atoms with Gasteiger partial charge in [-0.05, 0) is 26.2 Å². The fraction of sp³-hybridized carbons (Fsp3) is 1.00. The molecule has 0 aromatic heterocycles. The first kappa shape index (κ1) is 9.85. The van der Waals surface area contributed by atoms with Crippen molar-refractivity contribution in [1.82, 2.24) is 0 Å². The van der Waals surface area contributed by atoms with E-state index < -0.39 is 0 Å². The molecule has 1 saturated heterocycles. The Morgan fingerprint density at radius 2 is 1.85 bits per heavy atom. The van der Waals surface area contributed by atoms with E-state index in [1.165, 1.54) is 38.5 Å². The molecular weight excluding hydrogens is 180 g/mol. The zero-order chi connectivity index (χ0) is 9.10. The average Bonchev–Trinajstić information content (AvgIpc) is 2.54. The van der Waals surface area contributed by atoms with Crippen molar-refractivity contribution in [3.63, 3.8) is 0 Å². The third kappa shape index (κ3) is 2.63. The predicted molar refractivity (Wildman–Crippen MR) is 58.3 cm³/mol. The molecule has 2 atom stereocenters. The maximum atomic E-state index is 5.59. The van der Waals surface area contributed by atoms with E-state index in [9.17, 15) is 0 Å². The van der Waals surface area contributed by atoms with Crippen LogP contribution >= 0.6 is 11.8 Å². The largest absolute Gasteiger partial charge is 0.377 e. The molecule has 2 rings (SSSR count). The minimum atomic E-state index is 0.506. The second kappa shape index (κ2) is 4.70. The van der Waals surface area contributed by atoms with Crippen LogP contribution in [0.5, 0.6) is 0 Å². The van der Waals surface area contributed by atoms with Gasteiger partial charge in [0.25, 0.3) is 0 Å². The first-order valence-electron chi connectivity index (χ1n) is 5.63. The van der Waals surface area contributed by atoms with Gasteiger partial charge >= 0.3 is 0 Å². The smallest absolute Gasteiger partial charge is 0.0666 e. The lowest BCUT2D eigenvalue weighted by Crippen LogP contribution is -2.19. The van der Waals surface area contributed by atoms with Crippen LogP contribution in [0, 0.1) is 0 Å². The summed E-state index contributed by atoms with van der Waals surface area (Å²) in [5.41, 5.74) is 0. The van der Waals surface area contributed by atoms with Crippen molar-refractivity contribution in [2.24, 2.45) is 0 Å². The third-order valence-corrected chi connectivity index (χ3v) is 5.05. The molecule has 1 heterocycles. The molecule has 2 fully saturated rings. The Kier molecular flexibility index (Phi) is 3.56. The van der Waals surface area contributed by atoms with Crippen molar-refractivity contribution < 1.29 is 4.74 Å². The highest BCUT2D eigenvalue weighted by atomic mass is 32.2. The van der Waals surface area contributed by atoms with Gasteiger partial charge in [-0.1, -0.05) is 19.3 Å². The van der Waals surface area contributed by atoms with Crippen molar-refractivity contribution in [1.29, 1.82) is 0 Å². The van der Waals surface area contributed by atoms with Crippen molar-refractivity contribution in [3.05, 3.63) is 0 Å². The Balaban J connectivity index is 1.75. The van der Waals surface area contributed by atoms with Gasteiger partial charge in [-0.15, -0.1) is 0 Å². The van der Waals surface area contributed by atoms with E-state index >= 15 is 0 Å². The SMILES string of the molecule is CC1OCCC1SC1CCCCC1. The van der Waals surface area contributed by atoms with Crippen molar-refractivity contribution in [2.75, 3.05) is 6.61 Å². The van der Waals surface area contributed by atoms with Crippen LogP contribution in [0.4, 0.5) is 0 Å². The van der Waals surface area contributed by atoms with E-state index in [-0.39, 0.29) is 0 Å². The molecule has 0 aromatic rings. The Morgan fingerprint density at radius 3 is 2.46 bits per heavy atom. The summed E-state index contributed by atoms with van der Waals surface area (Å²) in [4.78, 5) is 0. The monoisotopic (exact) mass is 200 g/mol. The van der Waals surface area contributed by atoms with E-state index in [0.717, 1.165) is 17.1 Å². The molecule has 2 heteroatoms. The highest BCUT2D eigenvalue weighted by Crippen LogP contribution is 2.36. The number of hydrogen-bond acceptors (Lipinski definition) is 2. The molecule has 0 aromatic carbocycles. The molecule has 76 valence electrons. The van der Waals surface area contributed by atoms with Crippen LogP contribution in [0.25, 0.3) is 0 Å². The number of rotatable bonds is 2. The molecule has 1 saturated carbocycles. The van der Waals surface area contributed by atoms with E-state index in [4.69, 9.17) is 4.74 Å². The fourth-order valence-corrected chi connectivity index (χ4v) is 3.97. The minimum absolute atomic E-state index is 0.506. The summed E-state index contributed by atoms with van der Waals surface area (Å²) in [6.45, 7) is 3.22. The molecule has 0 N–H and O–H groups in total. The Labute approximate surface area is 85.6 Å². The topological polar surface area (TPSA) is 9.23 Å². The zero-order valence-corrected chi connectivity index (χ0v) is 9.31. The van der Waals surface area contributed by atoms with Gasteiger partial charge in [0, 0.05) is 17.1 Å². The van der Waals surface area contributed by atoms with E-state index in [2.05, 4.69) is 18.7 Å². The average molecular weight is 200 g/mol. The minimum Gasteiger partial charge on any atom is -0.377 e. The predicted octanol–water partition coefficient (Wildman–Crippen LogP) is 3.23. The Bertz CT molecular complexity index is 154. The Hall–Kier alpha value is 0.310. The summed E-state index contributed by atoms with van der Waals surface area (Å²) in [6, 6.07) is 0. The zero-order valence-electron chi connectivity index (χ0n) is 8.50. The third-order valence-electron chi connectivity index (χ3n) is 3.23. The lowest BCUT2D eigenvalue weighted by atomic mass is 10.0.